The normalized spacial score (nSPS) is 19.0. The third kappa shape index (κ3) is 5.16. The number of aryl methyl sites for hydroxylation is 2. The van der Waals surface area contributed by atoms with Gasteiger partial charge in [-0.05, 0) is 76.5 Å². The standard InChI is InChI=1S/C28H35N3O3/c1-6-34-28(32)21-12-10-20(11-13-21)23-15-24-25(16-26(23)33-5)30-19(4)31-27(24)29-18(3)22-9-7-8-17(2)14-22/h7-9,14-16,18,20-21H,6,10-13H2,1-5H3,(H,29,30,31)/t18-,20?,21?/m1/s1. The Morgan fingerprint density at radius 2 is 1.88 bits per heavy atom. The molecule has 1 aromatic heterocycles. The lowest BCUT2D eigenvalue weighted by atomic mass is 9.78. The van der Waals surface area contributed by atoms with E-state index < -0.39 is 0 Å². The Kier molecular flexibility index (Phi) is 7.35. The fourth-order valence-electron chi connectivity index (χ4n) is 5.02. The van der Waals surface area contributed by atoms with Crippen LogP contribution in [0.2, 0.25) is 0 Å². The zero-order valence-corrected chi connectivity index (χ0v) is 20.9. The van der Waals surface area contributed by atoms with Crippen LogP contribution < -0.4 is 10.1 Å². The molecule has 1 aliphatic rings. The van der Waals surface area contributed by atoms with Crippen molar-refractivity contribution in [3.05, 3.63) is 58.9 Å². The molecular formula is C28H35N3O3. The number of aromatic nitrogens is 2. The van der Waals surface area contributed by atoms with E-state index in [1.165, 1.54) is 11.1 Å². The second-order valence-electron chi connectivity index (χ2n) is 9.31. The molecule has 4 rings (SSSR count). The third-order valence-corrected chi connectivity index (χ3v) is 6.84. The summed E-state index contributed by atoms with van der Waals surface area (Å²) < 4.78 is 11.0. The van der Waals surface area contributed by atoms with Crippen LogP contribution in [0, 0.1) is 19.8 Å². The summed E-state index contributed by atoms with van der Waals surface area (Å²) in [7, 11) is 1.71. The Balaban J connectivity index is 1.65. The molecule has 6 heteroatoms. The van der Waals surface area contributed by atoms with Crippen molar-refractivity contribution in [1.82, 2.24) is 9.97 Å². The van der Waals surface area contributed by atoms with Crippen LogP contribution in [0.4, 0.5) is 5.82 Å². The van der Waals surface area contributed by atoms with Crippen LogP contribution in [0.15, 0.2) is 36.4 Å². The molecule has 1 N–H and O–H groups in total. The summed E-state index contributed by atoms with van der Waals surface area (Å²) in [6, 6.07) is 12.8. The fraction of sp³-hybridized carbons (Fsp3) is 0.464. The van der Waals surface area contributed by atoms with Crippen LogP contribution in [0.1, 0.15) is 74.0 Å². The maximum atomic E-state index is 12.2. The average molecular weight is 462 g/mol. The molecule has 0 amide bonds. The fourth-order valence-corrected chi connectivity index (χ4v) is 5.02. The molecule has 1 fully saturated rings. The lowest BCUT2D eigenvalue weighted by Crippen LogP contribution is -2.23. The first kappa shape index (κ1) is 24.0. The minimum absolute atomic E-state index is 0.000963. The second-order valence-corrected chi connectivity index (χ2v) is 9.31. The number of esters is 1. The predicted octanol–water partition coefficient (Wildman–Crippen LogP) is 6.27. The van der Waals surface area contributed by atoms with Gasteiger partial charge in [0, 0.05) is 17.5 Å². The molecular weight excluding hydrogens is 426 g/mol. The Bertz CT molecular complexity index is 1170. The van der Waals surface area contributed by atoms with E-state index in [0.717, 1.165) is 59.5 Å². The van der Waals surface area contributed by atoms with E-state index in [1.807, 2.05) is 19.9 Å². The number of benzene rings is 2. The van der Waals surface area contributed by atoms with Crippen LogP contribution in [0.25, 0.3) is 10.9 Å². The number of fused-ring (bicyclic) bond motifs is 1. The average Bonchev–Trinajstić information content (AvgIpc) is 2.83. The summed E-state index contributed by atoms with van der Waals surface area (Å²) in [6.07, 6.45) is 3.54. The van der Waals surface area contributed by atoms with Crippen molar-refractivity contribution in [3.8, 4) is 5.75 Å². The summed E-state index contributed by atoms with van der Waals surface area (Å²) in [5.41, 5.74) is 4.49. The minimum Gasteiger partial charge on any atom is -0.496 e. The molecule has 0 unspecified atom stereocenters. The van der Waals surface area contributed by atoms with Gasteiger partial charge in [-0.15, -0.1) is 0 Å². The molecule has 1 atom stereocenters. The van der Waals surface area contributed by atoms with Gasteiger partial charge in [0.25, 0.3) is 0 Å². The molecule has 0 aliphatic heterocycles. The lowest BCUT2D eigenvalue weighted by Gasteiger charge is -2.29. The topological polar surface area (TPSA) is 73.3 Å². The number of hydrogen-bond donors (Lipinski definition) is 1. The van der Waals surface area contributed by atoms with Gasteiger partial charge < -0.3 is 14.8 Å². The molecule has 3 aromatic rings. The molecule has 0 saturated heterocycles. The smallest absolute Gasteiger partial charge is 0.308 e. The van der Waals surface area contributed by atoms with E-state index in [4.69, 9.17) is 14.5 Å². The first-order valence-electron chi connectivity index (χ1n) is 12.3. The van der Waals surface area contributed by atoms with Crippen LogP contribution in [0.5, 0.6) is 5.75 Å². The van der Waals surface area contributed by atoms with E-state index in [1.54, 1.807) is 7.11 Å². The molecule has 0 radical (unpaired) electrons. The zero-order chi connectivity index (χ0) is 24.2. The van der Waals surface area contributed by atoms with Gasteiger partial charge in [-0.3, -0.25) is 4.79 Å². The van der Waals surface area contributed by atoms with Gasteiger partial charge in [0.15, 0.2) is 0 Å². The summed E-state index contributed by atoms with van der Waals surface area (Å²) in [6.45, 7) is 8.47. The van der Waals surface area contributed by atoms with E-state index in [9.17, 15) is 4.79 Å². The molecule has 2 aromatic carbocycles. The molecule has 0 bridgehead atoms. The van der Waals surface area contributed by atoms with Crippen molar-refractivity contribution in [2.45, 2.75) is 65.3 Å². The van der Waals surface area contributed by atoms with Crippen molar-refractivity contribution >= 4 is 22.7 Å². The number of carbonyl (C=O) groups excluding carboxylic acids is 1. The van der Waals surface area contributed by atoms with Crippen molar-refractivity contribution < 1.29 is 14.3 Å². The largest absolute Gasteiger partial charge is 0.496 e. The van der Waals surface area contributed by atoms with Crippen LogP contribution in [-0.4, -0.2) is 29.7 Å². The minimum atomic E-state index is -0.0630. The maximum absolute atomic E-state index is 12.2. The number of anilines is 1. The highest BCUT2D eigenvalue weighted by atomic mass is 16.5. The molecule has 34 heavy (non-hydrogen) atoms. The lowest BCUT2D eigenvalue weighted by molar-refractivity contribution is -0.149. The highest BCUT2D eigenvalue weighted by Crippen LogP contribution is 2.42. The van der Waals surface area contributed by atoms with Gasteiger partial charge in [-0.25, -0.2) is 9.97 Å². The van der Waals surface area contributed by atoms with Gasteiger partial charge in [0.1, 0.15) is 17.4 Å². The Labute approximate surface area is 202 Å². The Morgan fingerprint density at radius 1 is 1.12 bits per heavy atom. The van der Waals surface area contributed by atoms with Crippen LogP contribution >= 0.6 is 0 Å². The van der Waals surface area contributed by atoms with E-state index in [2.05, 4.69) is 54.5 Å². The number of methoxy groups -OCH3 is 1. The van der Waals surface area contributed by atoms with Gasteiger partial charge in [-0.2, -0.15) is 0 Å². The molecule has 6 nitrogen and oxygen atoms in total. The molecule has 1 saturated carbocycles. The number of nitrogens with one attached hydrogen (secondary N) is 1. The van der Waals surface area contributed by atoms with Crippen LogP contribution in [0.3, 0.4) is 0 Å². The van der Waals surface area contributed by atoms with Crippen LogP contribution in [-0.2, 0) is 9.53 Å². The monoisotopic (exact) mass is 461 g/mol. The highest BCUT2D eigenvalue weighted by molar-refractivity contribution is 5.91. The number of carbonyl (C=O) groups is 1. The zero-order valence-electron chi connectivity index (χ0n) is 20.9. The van der Waals surface area contributed by atoms with Gasteiger partial charge in [-0.1, -0.05) is 29.8 Å². The highest BCUT2D eigenvalue weighted by Gasteiger charge is 2.30. The maximum Gasteiger partial charge on any atom is 0.308 e. The molecule has 0 spiro atoms. The second kappa shape index (κ2) is 10.4. The molecule has 1 heterocycles. The summed E-state index contributed by atoms with van der Waals surface area (Å²) >= 11 is 0. The van der Waals surface area contributed by atoms with Gasteiger partial charge >= 0.3 is 5.97 Å². The first-order chi connectivity index (χ1) is 16.4. The summed E-state index contributed by atoms with van der Waals surface area (Å²) in [4.78, 5) is 21.6. The van der Waals surface area contributed by atoms with Gasteiger partial charge in [0.05, 0.1) is 25.2 Å². The predicted molar refractivity (Wildman–Crippen MR) is 135 cm³/mol. The van der Waals surface area contributed by atoms with E-state index in [-0.39, 0.29) is 17.9 Å². The SMILES string of the molecule is CCOC(=O)C1CCC(c2cc3c(N[C@H](C)c4cccc(C)c4)nc(C)nc3cc2OC)CC1. The van der Waals surface area contributed by atoms with Crippen molar-refractivity contribution in [2.24, 2.45) is 5.92 Å². The van der Waals surface area contributed by atoms with Crippen molar-refractivity contribution in [2.75, 3.05) is 19.0 Å². The Morgan fingerprint density at radius 3 is 2.56 bits per heavy atom. The summed E-state index contributed by atoms with van der Waals surface area (Å²) in [5, 5.41) is 4.61. The number of ether oxygens (including phenoxy) is 2. The number of hydrogen-bond acceptors (Lipinski definition) is 6. The van der Waals surface area contributed by atoms with Crippen molar-refractivity contribution in [1.29, 1.82) is 0 Å². The molecule has 1 aliphatic carbocycles. The summed E-state index contributed by atoms with van der Waals surface area (Å²) in [5.74, 6) is 2.67. The van der Waals surface area contributed by atoms with E-state index in [0.29, 0.717) is 12.5 Å². The quantitative estimate of drug-likeness (QED) is 0.418. The number of nitrogens with zero attached hydrogens (tertiary/aromatic N) is 2. The molecule has 180 valence electrons. The first-order valence-corrected chi connectivity index (χ1v) is 12.3. The third-order valence-electron chi connectivity index (χ3n) is 6.84. The Hall–Kier alpha value is -3.15. The van der Waals surface area contributed by atoms with Gasteiger partial charge in [0.2, 0.25) is 0 Å². The van der Waals surface area contributed by atoms with E-state index >= 15 is 0 Å². The number of rotatable bonds is 7. The van der Waals surface area contributed by atoms with Crippen molar-refractivity contribution in [3.63, 3.8) is 0 Å².